The molecule has 2 rings (SSSR count). The Morgan fingerprint density at radius 2 is 2.00 bits per heavy atom. The van der Waals surface area contributed by atoms with E-state index in [1.54, 1.807) is 26.2 Å². The van der Waals surface area contributed by atoms with E-state index in [1.165, 1.54) is 16.2 Å². The normalized spacial score (nSPS) is 10.2. The summed E-state index contributed by atoms with van der Waals surface area (Å²) in [6, 6.07) is 7.33. The Kier molecular flexibility index (Phi) is 3.84. The van der Waals surface area contributed by atoms with Crippen LogP contribution >= 0.6 is 22.9 Å². The van der Waals surface area contributed by atoms with Crippen LogP contribution in [0.25, 0.3) is 11.3 Å². The molecule has 1 aromatic carbocycles. The predicted octanol–water partition coefficient (Wildman–Crippen LogP) is 3.52. The van der Waals surface area contributed by atoms with Crippen molar-refractivity contribution < 1.29 is 9.53 Å². The molecule has 18 heavy (non-hydrogen) atoms. The highest BCUT2D eigenvalue weighted by atomic mass is 35.5. The standard InChI is InChI=1S/C12H11ClN2O2S/c1-15(2)12(16)17-11-14-10(7-18-11)8-3-5-9(13)6-4-8/h3-7H,1-2H3. The Labute approximate surface area is 114 Å². The van der Waals surface area contributed by atoms with Crippen molar-refractivity contribution in [2.45, 2.75) is 0 Å². The van der Waals surface area contributed by atoms with E-state index >= 15 is 0 Å². The number of amides is 1. The Balaban J connectivity index is 2.15. The summed E-state index contributed by atoms with van der Waals surface area (Å²) in [6.45, 7) is 0. The van der Waals surface area contributed by atoms with E-state index in [4.69, 9.17) is 16.3 Å². The van der Waals surface area contributed by atoms with Crippen molar-refractivity contribution in [3.05, 3.63) is 34.7 Å². The van der Waals surface area contributed by atoms with Gasteiger partial charge in [-0.2, -0.15) is 0 Å². The third-order valence-corrected chi connectivity index (χ3v) is 3.13. The first-order valence-electron chi connectivity index (χ1n) is 5.17. The van der Waals surface area contributed by atoms with Gasteiger partial charge in [0, 0.05) is 30.1 Å². The topological polar surface area (TPSA) is 42.4 Å². The molecule has 0 spiro atoms. The largest absolute Gasteiger partial charge is 0.416 e. The molecule has 0 bridgehead atoms. The monoisotopic (exact) mass is 282 g/mol. The van der Waals surface area contributed by atoms with Crippen LogP contribution in [-0.4, -0.2) is 30.1 Å². The van der Waals surface area contributed by atoms with Crippen LogP contribution in [0, 0.1) is 0 Å². The fourth-order valence-corrected chi connectivity index (χ4v) is 2.02. The van der Waals surface area contributed by atoms with Gasteiger partial charge in [-0.25, -0.2) is 9.78 Å². The summed E-state index contributed by atoms with van der Waals surface area (Å²) in [5.74, 6) is 0. The van der Waals surface area contributed by atoms with Crippen molar-refractivity contribution in [1.29, 1.82) is 0 Å². The molecule has 0 unspecified atom stereocenters. The van der Waals surface area contributed by atoms with E-state index in [1.807, 2.05) is 17.5 Å². The number of carbonyl (C=O) groups excluding carboxylic acids is 1. The molecule has 94 valence electrons. The maximum Gasteiger partial charge on any atom is 0.416 e. The average Bonchev–Trinajstić information content (AvgIpc) is 2.78. The second kappa shape index (κ2) is 5.37. The van der Waals surface area contributed by atoms with E-state index in [9.17, 15) is 4.79 Å². The number of thiazole rings is 1. The van der Waals surface area contributed by atoms with Gasteiger partial charge in [0.2, 0.25) is 0 Å². The second-order valence-electron chi connectivity index (χ2n) is 3.77. The molecule has 1 heterocycles. The van der Waals surface area contributed by atoms with Crippen molar-refractivity contribution in [2.75, 3.05) is 14.1 Å². The molecule has 0 N–H and O–H groups in total. The quantitative estimate of drug-likeness (QED) is 0.846. The molecule has 4 nitrogen and oxygen atoms in total. The fraction of sp³-hybridized carbons (Fsp3) is 0.167. The molecule has 0 saturated carbocycles. The lowest BCUT2D eigenvalue weighted by Gasteiger charge is -2.07. The second-order valence-corrected chi connectivity index (χ2v) is 5.03. The molecular formula is C12H11ClN2O2S. The molecule has 0 radical (unpaired) electrons. The maximum absolute atomic E-state index is 11.4. The third kappa shape index (κ3) is 3.00. The molecule has 0 saturated heterocycles. The van der Waals surface area contributed by atoms with E-state index < -0.39 is 6.09 Å². The number of carbonyl (C=O) groups is 1. The minimum atomic E-state index is -0.438. The van der Waals surface area contributed by atoms with Crippen LogP contribution in [0.1, 0.15) is 0 Å². The van der Waals surface area contributed by atoms with Gasteiger partial charge in [0.1, 0.15) is 0 Å². The number of benzene rings is 1. The van der Waals surface area contributed by atoms with Crippen LogP contribution in [0.5, 0.6) is 5.19 Å². The number of nitrogens with zero attached hydrogens (tertiary/aromatic N) is 2. The molecule has 0 aliphatic rings. The molecule has 6 heteroatoms. The number of hydrogen-bond donors (Lipinski definition) is 0. The van der Waals surface area contributed by atoms with Gasteiger partial charge in [-0.3, -0.25) is 0 Å². The molecular weight excluding hydrogens is 272 g/mol. The molecule has 0 aliphatic heterocycles. The Morgan fingerprint density at radius 3 is 2.61 bits per heavy atom. The van der Waals surface area contributed by atoms with Gasteiger partial charge >= 0.3 is 6.09 Å². The highest BCUT2D eigenvalue weighted by Gasteiger charge is 2.11. The van der Waals surface area contributed by atoms with Gasteiger partial charge in [-0.1, -0.05) is 35.1 Å². The highest BCUT2D eigenvalue weighted by molar-refractivity contribution is 7.11. The molecule has 2 aromatic rings. The zero-order valence-corrected chi connectivity index (χ0v) is 11.5. The zero-order valence-electron chi connectivity index (χ0n) is 9.88. The Hall–Kier alpha value is -1.59. The first-order chi connectivity index (χ1) is 8.56. The summed E-state index contributed by atoms with van der Waals surface area (Å²) in [5, 5.41) is 2.84. The number of rotatable bonds is 2. The van der Waals surface area contributed by atoms with Crippen LogP contribution < -0.4 is 4.74 Å². The van der Waals surface area contributed by atoms with Crippen molar-refractivity contribution in [2.24, 2.45) is 0 Å². The summed E-state index contributed by atoms with van der Waals surface area (Å²) >= 11 is 7.10. The van der Waals surface area contributed by atoms with E-state index in [0.29, 0.717) is 10.2 Å². The summed E-state index contributed by atoms with van der Waals surface area (Å²) < 4.78 is 5.07. The number of halogens is 1. The lowest BCUT2D eigenvalue weighted by molar-refractivity contribution is 0.172. The predicted molar refractivity (Wildman–Crippen MR) is 72.3 cm³/mol. The lowest BCUT2D eigenvalue weighted by Crippen LogP contribution is -2.25. The minimum Gasteiger partial charge on any atom is -0.381 e. The molecule has 0 atom stereocenters. The summed E-state index contributed by atoms with van der Waals surface area (Å²) in [6.07, 6.45) is -0.438. The van der Waals surface area contributed by atoms with Crippen molar-refractivity contribution in [3.63, 3.8) is 0 Å². The van der Waals surface area contributed by atoms with Crippen LogP contribution in [-0.2, 0) is 0 Å². The SMILES string of the molecule is CN(C)C(=O)Oc1nc(-c2ccc(Cl)cc2)cs1. The maximum atomic E-state index is 11.4. The summed E-state index contributed by atoms with van der Waals surface area (Å²) in [5.41, 5.74) is 1.70. The Morgan fingerprint density at radius 1 is 1.33 bits per heavy atom. The Bertz CT molecular complexity index is 551. The molecule has 0 aliphatic carbocycles. The summed E-state index contributed by atoms with van der Waals surface area (Å²) in [4.78, 5) is 16.9. The van der Waals surface area contributed by atoms with E-state index in [2.05, 4.69) is 4.98 Å². The van der Waals surface area contributed by atoms with Gasteiger partial charge < -0.3 is 9.64 Å². The van der Waals surface area contributed by atoms with E-state index in [0.717, 1.165) is 11.3 Å². The van der Waals surface area contributed by atoms with Gasteiger partial charge in [0.05, 0.1) is 5.69 Å². The van der Waals surface area contributed by atoms with Crippen LogP contribution in [0.4, 0.5) is 4.79 Å². The van der Waals surface area contributed by atoms with Crippen LogP contribution in [0.3, 0.4) is 0 Å². The fourth-order valence-electron chi connectivity index (χ4n) is 1.22. The number of ether oxygens (including phenoxy) is 1. The smallest absolute Gasteiger partial charge is 0.381 e. The first kappa shape index (κ1) is 12.9. The number of aromatic nitrogens is 1. The van der Waals surface area contributed by atoms with Crippen molar-refractivity contribution in [1.82, 2.24) is 9.88 Å². The van der Waals surface area contributed by atoms with Crippen LogP contribution in [0.2, 0.25) is 5.02 Å². The zero-order chi connectivity index (χ0) is 13.1. The van der Waals surface area contributed by atoms with Crippen molar-refractivity contribution >= 4 is 29.0 Å². The highest BCUT2D eigenvalue weighted by Crippen LogP contribution is 2.27. The van der Waals surface area contributed by atoms with Gasteiger partial charge in [0.15, 0.2) is 0 Å². The van der Waals surface area contributed by atoms with Gasteiger partial charge in [-0.15, -0.1) is 0 Å². The molecule has 0 fully saturated rings. The lowest BCUT2D eigenvalue weighted by atomic mass is 10.2. The van der Waals surface area contributed by atoms with Crippen molar-refractivity contribution in [3.8, 4) is 16.5 Å². The van der Waals surface area contributed by atoms with Crippen LogP contribution in [0.15, 0.2) is 29.6 Å². The third-order valence-electron chi connectivity index (χ3n) is 2.16. The average molecular weight is 283 g/mol. The number of hydrogen-bond acceptors (Lipinski definition) is 4. The molecule has 1 aromatic heterocycles. The van der Waals surface area contributed by atoms with E-state index in [-0.39, 0.29) is 0 Å². The minimum absolute atomic E-state index is 0.332. The first-order valence-corrected chi connectivity index (χ1v) is 6.42. The summed E-state index contributed by atoms with van der Waals surface area (Å²) in [7, 11) is 3.24. The van der Waals surface area contributed by atoms with Gasteiger partial charge in [-0.05, 0) is 12.1 Å². The molecule has 1 amide bonds. The van der Waals surface area contributed by atoms with Gasteiger partial charge in [0.25, 0.3) is 5.19 Å².